The maximum absolute atomic E-state index is 5.56. The lowest BCUT2D eigenvalue weighted by atomic mass is 9.68. The lowest BCUT2D eigenvalue weighted by Crippen LogP contribution is -2.41. The van der Waals surface area contributed by atoms with Crippen LogP contribution in [0.3, 0.4) is 0 Å². The summed E-state index contributed by atoms with van der Waals surface area (Å²) in [6.45, 7) is 1.21. The number of nitrogens with zero attached hydrogens (tertiary/aromatic N) is 1. The maximum atomic E-state index is 5.56. The molecule has 0 radical (unpaired) electrons. The smallest absolute Gasteiger partial charge is 0.161 e. The van der Waals surface area contributed by atoms with Gasteiger partial charge in [-0.2, -0.15) is 0 Å². The first-order chi connectivity index (χ1) is 10.7. The predicted molar refractivity (Wildman–Crippen MR) is 90.0 cm³/mol. The average Bonchev–Trinajstić information content (AvgIpc) is 2.83. The predicted octanol–water partition coefficient (Wildman–Crippen LogP) is 4.00. The summed E-state index contributed by atoms with van der Waals surface area (Å²) >= 11 is 0. The number of benzene rings is 1. The Labute approximate surface area is 134 Å². The summed E-state index contributed by atoms with van der Waals surface area (Å²) in [4.78, 5) is 2.59. The molecule has 122 valence electrons. The highest BCUT2D eigenvalue weighted by Gasteiger charge is 2.46. The van der Waals surface area contributed by atoms with E-state index in [0.29, 0.717) is 11.5 Å². The van der Waals surface area contributed by atoms with Crippen molar-refractivity contribution in [2.45, 2.75) is 56.4 Å². The van der Waals surface area contributed by atoms with Crippen molar-refractivity contribution in [3.8, 4) is 11.5 Å². The number of rotatable bonds is 3. The van der Waals surface area contributed by atoms with Gasteiger partial charge in [-0.15, -0.1) is 0 Å². The highest BCUT2D eigenvalue weighted by atomic mass is 16.5. The number of hydrogen-bond donors (Lipinski definition) is 0. The summed E-state index contributed by atoms with van der Waals surface area (Å²) in [6, 6.07) is 7.25. The molecule has 2 unspecified atom stereocenters. The minimum atomic E-state index is 0.300. The van der Waals surface area contributed by atoms with Gasteiger partial charge in [-0.1, -0.05) is 31.7 Å². The Kier molecular flexibility index (Phi) is 4.62. The van der Waals surface area contributed by atoms with Crippen LogP contribution in [0.2, 0.25) is 0 Å². The lowest BCUT2D eigenvalue weighted by molar-refractivity contribution is 0.199. The fourth-order valence-corrected chi connectivity index (χ4v) is 4.67. The molecule has 1 aromatic carbocycles. The van der Waals surface area contributed by atoms with E-state index in [2.05, 4.69) is 30.1 Å². The number of fused-ring (bicyclic) bond motifs is 1. The zero-order valence-corrected chi connectivity index (χ0v) is 14.2. The zero-order valence-electron chi connectivity index (χ0n) is 14.2. The molecular formula is C19H29NO2. The molecule has 1 aliphatic carbocycles. The lowest BCUT2D eigenvalue weighted by Gasteiger charge is -2.40. The molecule has 3 rings (SSSR count). The second-order valence-electron chi connectivity index (χ2n) is 6.93. The molecule has 1 aromatic rings. The van der Waals surface area contributed by atoms with Crippen LogP contribution in [0.4, 0.5) is 0 Å². The quantitative estimate of drug-likeness (QED) is 0.842. The zero-order chi connectivity index (χ0) is 15.6. The number of likely N-dealkylation sites (tertiary alicyclic amines) is 1. The molecule has 3 nitrogen and oxygen atoms in total. The summed E-state index contributed by atoms with van der Waals surface area (Å²) in [7, 11) is 5.74. The Morgan fingerprint density at radius 3 is 2.55 bits per heavy atom. The third-order valence-electron chi connectivity index (χ3n) is 5.89. The average molecular weight is 303 g/mol. The molecule has 1 aliphatic heterocycles. The SMILES string of the molecule is COc1ccc(C23CCCCCCC2N(C)CC3)cc1OC. The standard InChI is InChI=1S/C19H29NO2/c1-20-13-12-19(11-7-5-4-6-8-18(19)20)15-9-10-16(21-2)17(14-15)22-3/h9-10,14,18H,4-8,11-13H2,1-3H3. The Hall–Kier alpha value is -1.22. The van der Waals surface area contributed by atoms with Crippen molar-refractivity contribution in [2.75, 3.05) is 27.8 Å². The monoisotopic (exact) mass is 303 g/mol. The maximum Gasteiger partial charge on any atom is 0.161 e. The van der Waals surface area contributed by atoms with Crippen molar-refractivity contribution in [1.29, 1.82) is 0 Å². The van der Waals surface area contributed by atoms with E-state index in [1.165, 1.54) is 57.1 Å². The van der Waals surface area contributed by atoms with Crippen molar-refractivity contribution in [3.05, 3.63) is 23.8 Å². The summed E-state index contributed by atoms with van der Waals surface area (Å²) in [6.07, 6.45) is 9.38. The van der Waals surface area contributed by atoms with Gasteiger partial charge >= 0.3 is 0 Å². The number of likely N-dealkylation sites (N-methyl/N-ethyl adjacent to an activating group) is 1. The van der Waals surface area contributed by atoms with Crippen molar-refractivity contribution >= 4 is 0 Å². The van der Waals surface area contributed by atoms with Crippen molar-refractivity contribution < 1.29 is 9.47 Å². The van der Waals surface area contributed by atoms with Gasteiger partial charge < -0.3 is 14.4 Å². The van der Waals surface area contributed by atoms with Crippen LogP contribution in [0.1, 0.15) is 50.5 Å². The van der Waals surface area contributed by atoms with Crippen LogP contribution < -0.4 is 9.47 Å². The minimum absolute atomic E-state index is 0.300. The highest BCUT2D eigenvalue weighted by Crippen LogP contribution is 2.48. The minimum Gasteiger partial charge on any atom is -0.493 e. The molecule has 0 amide bonds. The van der Waals surface area contributed by atoms with E-state index in [0.717, 1.165) is 11.5 Å². The normalized spacial score (nSPS) is 29.5. The van der Waals surface area contributed by atoms with Crippen LogP contribution in [0, 0.1) is 0 Å². The van der Waals surface area contributed by atoms with Crippen LogP contribution in [0.25, 0.3) is 0 Å². The van der Waals surface area contributed by atoms with Gasteiger partial charge in [-0.05, 0) is 50.6 Å². The van der Waals surface area contributed by atoms with Crippen LogP contribution in [-0.4, -0.2) is 38.8 Å². The molecule has 1 saturated heterocycles. The second kappa shape index (κ2) is 6.49. The van der Waals surface area contributed by atoms with Gasteiger partial charge in [0.15, 0.2) is 11.5 Å². The van der Waals surface area contributed by atoms with Gasteiger partial charge in [-0.3, -0.25) is 0 Å². The Bertz CT molecular complexity index is 516. The van der Waals surface area contributed by atoms with Gasteiger partial charge in [-0.25, -0.2) is 0 Å². The molecule has 0 spiro atoms. The Morgan fingerprint density at radius 2 is 1.77 bits per heavy atom. The number of hydrogen-bond acceptors (Lipinski definition) is 3. The first kappa shape index (κ1) is 15.7. The number of methoxy groups -OCH3 is 2. The molecule has 1 saturated carbocycles. The Morgan fingerprint density at radius 1 is 1.00 bits per heavy atom. The molecule has 2 atom stereocenters. The van der Waals surface area contributed by atoms with Gasteiger partial charge in [0.1, 0.15) is 0 Å². The van der Waals surface area contributed by atoms with Crippen LogP contribution in [-0.2, 0) is 5.41 Å². The van der Waals surface area contributed by atoms with E-state index in [9.17, 15) is 0 Å². The van der Waals surface area contributed by atoms with Crippen molar-refractivity contribution in [3.63, 3.8) is 0 Å². The molecule has 3 heteroatoms. The largest absolute Gasteiger partial charge is 0.493 e. The van der Waals surface area contributed by atoms with Gasteiger partial charge in [0.05, 0.1) is 14.2 Å². The molecule has 2 aliphatic rings. The molecule has 2 fully saturated rings. The molecule has 0 N–H and O–H groups in total. The van der Waals surface area contributed by atoms with Crippen LogP contribution in [0.15, 0.2) is 18.2 Å². The molecule has 0 bridgehead atoms. The van der Waals surface area contributed by atoms with E-state index in [1.54, 1.807) is 14.2 Å². The highest BCUT2D eigenvalue weighted by molar-refractivity contribution is 5.46. The van der Waals surface area contributed by atoms with E-state index in [1.807, 2.05) is 0 Å². The van der Waals surface area contributed by atoms with Crippen molar-refractivity contribution in [1.82, 2.24) is 4.90 Å². The van der Waals surface area contributed by atoms with Gasteiger partial charge in [0.2, 0.25) is 0 Å². The van der Waals surface area contributed by atoms with Crippen molar-refractivity contribution in [2.24, 2.45) is 0 Å². The van der Waals surface area contributed by atoms with E-state index in [-0.39, 0.29) is 0 Å². The van der Waals surface area contributed by atoms with E-state index in [4.69, 9.17) is 9.47 Å². The van der Waals surface area contributed by atoms with Gasteiger partial charge in [0.25, 0.3) is 0 Å². The Balaban J connectivity index is 2.01. The third kappa shape index (κ3) is 2.60. The van der Waals surface area contributed by atoms with E-state index >= 15 is 0 Å². The topological polar surface area (TPSA) is 21.7 Å². The fraction of sp³-hybridized carbons (Fsp3) is 0.684. The summed E-state index contributed by atoms with van der Waals surface area (Å²) < 4.78 is 11.0. The van der Waals surface area contributed by atoms with Crippen LogP contribution in [0.5, 0.6) is 11.5 Å². The second-order valence-corrected chi connectivity index (χ2v) is 6.93. The first-order valence-corrected chi connectivity index (χ1v) is 8.64. The first-order valence-electron chi connectivity index (χ1n) is 8.64. The van der Waals surface area contributed by atoms with Crippen LogP contribution >= 0.6 is 0 Å². The summed E-state index contributed by atoms with van der Waals surface area (Å²) in [5, 5.41) is 0. The molecule has 0 aromatic heterocycles. The fourth-order valence-electron chi connectivity index (χ4n) is 4.67. The summed E-state index contributed by atoms with van der Waals surface area (Å²) in [5.41, 5.74) is 1.75. The number of ether oxygens (including phenoxy) is 2. The van der Waals surface area contributed by atoms with Gasteiger partial charge in [0, 0.05) is 11.5 Å². The third-order valence-corrected chi connectivity index (χ3v) is 5.89. The van der Waals surface area contributed by atoms with E-state index < -0.39 is 0 Å². The molecule has 22 heavy (non-hydrogen) atoms. The molecule has 1 heterocycles. The summed E-state index contributed by atoms with van der Waals surface area (Å²) in [5.74, 6) is 1.70. The molecular weight excluding hydrogens is 274 g/mol.